The Morgan fingerprint density at radius 1 is 1.10 bits per heavy atom. The topological polar surface area (TPSA) is 67.5 Å². The van der Waals surface area contributed by atoms with Crippen LogP contribution in [0, 0.1) is 0 Å². The van der Waals surface area contributed by atoms with Gasteiger partial charge in [0.2, 0.25) is 0 Å². The first-order valence-corrected chi connectivity index (χ1v) is 11.3. The number of nitrogens with zero attached hydrogens (tertiary/aromatic N) is 2. The van der Waals surface area contributed by atoms with Crippen LogP contribution in [-0.2, 0) is 0 Å². The molecule has 0 aliphatic carbocycles. The van der Waals surface area contributed by atoms with Gasteiger partial charge in [-0.15, -0.1) is 0 Å². The minimum atomic E-state index is 0.0578. The summed E-state index contributed by atoms with van der Waals surface area (Å²) in [4.78, 5) is 22.8. The van der Waals surface area contributed by atoms with Gasteiger partial charge in [0.25, 0.3) is 5.91 Å². The van der Waals surface area contributed by atoms with E-state index < -0.39 is 0 Å². The molecule has 1 saturated heterocycles. The number of aromatic amines is 1. The molecule has 0 saturated carbocycles. The monoisotopic (exact) mass is 421 g/mol. The first-order valence-electron chi connectivity index (χ1n) is 11.3. The number of H-pyrrole nitrogens is 1. The average molecular weight is 422 g/mol. The minimum Gasteiger partial charge on any atom is -0.490 e. The van der Waals surface area contributed by atoms with E-state index in [2.05, 4.69) is 36.1 Å². The van der Waals surface area contributed by atoms with Crippen molar-refractivity contribution < 1.29 is 14.3 Å². The lowest BCUT2D eigenvalue weighted by atomic mass is 9.89. The molecule has 1 aliphatic rings. The third-order valence-electron chi connectivity index (χ3n) is 5.82. The number of piperidine rings is 1. The highest BCUT2D eigenvalue weighted by Gasteiger charge is 2.26. The lowest BCUT2D eigenvalue weighted by Crippen LogP contribution is -2.37. The first-order chi connectivity index (χ1) is 15.2. The van der Waals surface area contributed by atoms with Crippen molar-refractivity contribution in [3.63, 3.8) is 0 Å². The molecule has 0 unspecified atom stereocenters. The van der Waals surface area contributed by atoms with Crippen molar-refractivity contribution in [1.82, 2.24) is 14.9 Å². The van der Waals surface area contributed by atoms with Crippen LogP contribution in [0.3, 0.4) is 0 Å². The zero-order valence-electron chi connectivity index (χ0n) is 18.4. The van der Waals surface area contributed by atoms with Crippen LogP contribution in [0.25, 0.3) is 11.0 Å². The Balaban J connectivity index is 1.44. The molecule has 31 heavy (non-hydrogen) atoms. The standard InChI is InChI=1S/C25H31N3O3/c1-3-14-30-22-8-7-19(16-23(22)31-15-4-2)25(29)28-12-9-18(10-13-28)21-17-27-24-20(21)6-5-11-26-24/h5-8,11,16-18H,3-4,9-10,12-15H2,1-2H3,(H,26,27). The summed E-state index contributed by atoms with van der Waals surface area (Å²) >= 11 is 0. The van der Waals surface area contributed by atoms with Gasteiger partial charge in [-0.2, -0.15) is 0 Å². The molecular formula is C25H31N3O3. The fraction of sp³-hybridized carbons (Fsp3) is 0.440. The summed E-state index contributed by atoms with van der Waals surface area (Å²) in [5.74, 6) is 1.86. The van der Waals surface area contributed by atoms with Crippen LogP contribution < -0.4 is 9.47 Å². The number of ether oxygens (including phenoxy) is 2. The number of hydrogen-bond acceptors (Lipinski definition) is 4. The molecule has 1 aliphatic heterocycles. The van der Waals surface area contributed by atoms with Gasteiger partial charge >= 0.3 is 0 Å². The van der Waals surface area contributed by atoms with Crippen LogP contribution in [0.2, 0.25) is 0 Å². The number of likely N-dealkylation sites (tertiary alicyclic amines) is 1. The maximum atomic E-state index is 13.2. The zero-order chi connectivity index (χ0) is 21.6. The predicted molar refractivity (Wildman–Crippen MR) is 122 cm³/mol. The van der Waals surface area contributed by atoms with Crippen molar-refractivity contribution >= 4 is 16.9 Å². The van der Waals surface area contributed by atoms with E-state index in [9.17, 15) is 4.79 Å². The van der Waals surface area contributed by atoms with Crippen LogP contribution >= 0.6 is 0 Å². The van der Waals surface area contributed by atoms with Crippen molar-refractivity contribution in [3.8, 4) is 11.5 Å². The van der Waals surface area contributed by atoms with E-state index in [0.717, 1.165) is 44.4 Å². The van der Waals surface area contributed by atoms with Crippen molar-refractivity contribution in [1.29, 1.82) is 0 Å². The Hall–Kier alpha value is -3.02. The molecule has 1 amide bonds. The quantitative estimate of drug-likeness (QED) is 0.545. The van der Waals surface area contributed by atoms with E-state index in [1.165, 1.54) is 10.9 Å². The summed E-state index contributed by atoms with van der Waals surface area (Å²) in [6.45, 7) is 6.86. The number of rotatable bonds is 8. The third kappa shape index (κ3) is 4.68. The Kier molecular flexibility index (Phi) is 6.75. The van der Waals surface area contributed by atoms with Crippen LogP contribution in [-0.4, -0.2) is 47.1 Å². The summed E-state index contributed by atoms with van der Waals surface area (Å²) in [5, 5.41) is 1.19. The molecule has 0 spiro atoms. The van der Waals surface area contributed by atoms with Gasteiger partial charge in [-0.1, -0.05) is 13.8 Å². The van der Waals surface area contributed by atoms with Gasteiger partial charge in [0.05, 0.1) is 13.2 Å². The smallest absolute Gasteiger partial charge is 0.253 e. The maximum absolute atomic E-state index is 13.2. The Bertz CT molecular complexity index is 1020. The van der Waals surface area contributed by atoms with Gasteiger partial charge in [-0.05, 0) is 67.5 Å². The maximum Gasteiger partial charge on any atom is 0.253 e. The minimum absolute atomic E-state index is 0.0578. The second-order valence-electron chi connectivity index (χ2n) is 8.07. The molecule has 6 nitrogen and oxygen atoms in total. The lowest BCUT2D eigenvalue weighted by Gasteiger charge is -2.32. The Morgan fingerprint density at radius 2 is 1.84 bits per heavy atom. The molecule has 0 radical (unpaired) electrons. The first kappa shape index (κ1) is 21.2. The number of carbonyl (C=O) groups is 1. The average Bonchev–Trinajstić information content (AvgIpc) is 3.25. The lowest BCUT2D eigenvalue weighted by molar-refractivity contribution is 0.0712. The summed E-state index contributed by atoms with van der Waals surface area (Å²) in [5.41, 5.74) is 2.90. The SMILES string of the molecule is CCCOc1ccc(C(=O)N2CCC(c3c[nH]c4ncccc34)CC2)cc1OCCC. The predicted octanol–water partition coefficient (Wildman–Crippen LogP) is 5.16. The summed E-state index contributed by atoms with van der Waals surface area (Å²) in [7, 11) is 0. The molecule has 3 heterocycles. The van der Waals surface area contributed by atoms with E-state index >= 15 is 0 Å². The number of nitrogens with one attached hydrogen (secondary N) is 1. The molecule has 2 aromatic heterocycles. The molecule has 6 heteroatoms. The van der Waals surface area contributed by atoms with Crippen LogP contribution in [0.5, 0.6) is 11.5 Å². The number of hydrogen-bond donors (Lipinski definition) is 1. The van der Waals surface area contributed by atoms with Gasteiger partial charge in [0.15, 0.2) is 11.5 Å². The molecule has 164 valence electrons. The molecule has 3 aromatic rings. The van der Waals surface area contributed by atoms with Crippen LogP contribution in [0.4, 0.5) is 0 Å². The Morgan fingerprint density at radius 3 is 2.58 bits per heavy atom. The molecule has 0 bridgehead atoms. The third-order valence-corrected chi connectivity index (χ3v) is 5.82. The van der Waals surface area contributed by atoms with Crippen molar-refractivity contribution in [2.24, 2.45) is 0 Å². The van der Waals surface area contributed by atoms with Crippen molar-refractivity contribution in [3.05, 3.63) is 53.9 Å². The highest BCUT2D eigenvalue weighted by Crippen LogP contribution is 2.34. The van der Waals surface area contributed by atoms with Gasteiger partial charge in [0.1, 0.15) is 5.65 Å². The molecule has 1 aromatic carbocycles. The van der Waals surface area contributed by atoms with Crippen LogP contribution in [0.15, 0.2) is 42.7 Å². The van der Waals surface area contributed by atoms with E-state index in [-0.39, 0.29) is 5.91 Å². The number of pyridine rings is 1. The molecular weight excluding hydrogens is 390 g/mol. The molecule has 1 N–H and O–H groups in total. The van der Waals surface area contributed by atoms with Gasteiger partial charge in [-0.25, -0.2) is 4.98 Å². The summed E-state index contributed by atoms with van der Waals surface area (Å²) in [6.07, 6.45) is 7.61. The normalized spacial score (nSPS) is 14.7. The van der Waals surface area contributed by atoms with Gasteiger partial charge in [-0.3, -0.25) is 4.79 Å². The number of fused-ring (bicyclic) bond motifs is 1. The van der Waals surface area contributed by atoms with E-state index in [1.54, 1.807) is 6.20 Å². The van der Waals surface area contributed by atoms with E-state index in [4.69, 9.17) is 9.47 Å². The number of aromatic nitrogens is 2. The van der Waals surface area contributed by atoms with Crippen molar-refractivity contribution in [2.75, 3.05) is 26.3 Å². The highest BCUT2D eigenvalue weighted by atomic mass is 16.5. The molecule has 0 atom stereocenters. The summed E-state index contributed by atoms with van der Waals surface area (Å²) < 4.78 is 11.7. The fourth-order valence-electron chi connectivity index (χ4n) is 4.19. The molecule has 1 fully saturated rings. The zero-order valence-corrected chi connectivity index (χ0v) is 18.4. The second kappa shape index (κ2) is 9.86. The number of carbonyl (C=O) groups excluding carboxylic acids is 1. The fourth-order valence-corrected chi connectivity index (χ4v) is 4.19. The molecule has 4 rings (SSSR count). The van der Waals surface area contributed by atoms with Crippen LogP contribution in [0.1, 0.15) is 61.4 Å². The van der Waals surface area contributed by atoms with E-state index in [0.29, 0.717) is 36.2 Å². The van der Waals surface area contributed by atoms with Gasteiger partial charge < -0.3 is 19.4 Å². The van der Waals surface area contributed by atoms with Crippen molar-refractivity contribution in [2.45, 2.75) is 45.4 Å². The largest absolute Gasteiger partial charge is 0.490 e. The summed E-state index contributed by atoms with van der Waals surface area (Å²) in [6, 6.07) is 9.64. The number of benzene rings is 1. The second-order valence-corrected chi connectivity index (χ2v) is 8.07. The van der Waals surface area contributed by atoms with Gasteiger partial charge in [0, 0.05) is 36.4 Å². The Labute approximate surface area is 183 Å². The number of amides is 1. The van der Waals surface area contributed by atoms with E-state index in [1.807, 2.05) is 29.2 Å². The highest BCUT2D eigenvalue weighted by molar-refractivity contribution is 5.95.